The van der Waals surface area contributed by atoms with E-state index in [0.29, 0.717) is 42.4 Å². The summed E-state index contributed by atoms with van der Waals surface area (Å²) in [5.74, 6) is 1.75. The first-order valence-corrected chi connectivity index (χ1v) is 10.6. The zero-order valence-electron chi connectivity index (χ0n) is 18.0. The molecule has 0 bridgehead atoms. The molecule has 0 aliphatic carbocycles. The monoisotopic (exact) mass is 438 g/mol. The van der Waals surface area contributed by atoms with Crippen LogP contribution in [0.15, 0.2) is 41.5 Å². The zero-order valence-corrected chi connectivity index (χ0v) is 18.0. The van der Waals surface area contributed by atoms with E-state index in [0.717, 1.165) is 18.9 Å². The van der Waals surface area contributed by atoms with Gasteiger partial charge in [0.25, 0.3) is 5.56 Å². The molecule has 1 aliphatic rings. The average molecular weight is 438 g/mol. The predicted octanol–water partition coefficient (Wildman–Crippen LogP) is 0.917. The van der Waals surface area contributed by atoms with Gasteiger partial charge in [0.05, 0.1) is 37.0 Å². The summed E-state index contributed by atoms with van der Waals surface area (Å²) in [7, 11) is 0. The van der Waals surface area contributed by atoms with Crippen LogP contribution in [-0.2, 0) is 16.1 Å². The molecule has 0 spiro atoms. The van der Waals surface area contributed by atoms with Gasteiger partial charge in [-0.1, -0.05) is 12.1 Å². The molecule has 32 heavy (non-hydrogen) atoms. The lowest BCUT2D eigenvalue weighted by atomic mass is 10.2. The number of amides is 1. The highest BCUT2D eigenvalue weighted by Crippen LogP contribution is 2.18. The van der Waals surface area contributed by atoms with Crippen LogP contribution in [0.1, 0.15) is 12.2 Å². The van der Waals surface area contributed by atoms with Crippen LogP contribution < -0.4 is 20.5 Å². The number of aryl methyl sites for hydroxylation is 2. The van der Waals surface area contributed by atoms with E-state index < -0.39 is 0 Å². The number of benzene rings is 1. The van der Waals surface area contributed by atoms with Crippen molar-refractivity contribution in [2.45, 2.75) is 19.9 Å². The first-order valence-electron chi connectivity index (χ1n) is 10.6. The number of nitrogens with one attached hydrogen (secondary N) is 1. The normalized spacial score (nSPS) is 13.8. The fourth-order valence-electron chi connectivity index (χ4n) is 3.48. The molecular weight excluding hydrogens is 412 g/mol. The Bertz CT molecular complexity index is 1140. The van der Waals surface area contributed by atoms with Gasteiger partial charge in [-0.25, -0.2) is 9.97 Å². The molecule has 0 atom stereocenters. The summed E-state index contributed by atoms with van der Waals surface area (Å²) in [4.78, 5) is 39.8. The van der Waals surface area contributed by atoms with Gasteiger partial charge >= 0.3 is 0 Å². The molecule has 0 saturated carbocycles. The van der Waals surface area contributed by atoms with Crippen LogP contribution in [-0.4, -0.2) is 64.9 Å². The third kappa shape index (κ3) is 5.38. The molecule has 1 amide bonds. The number of aromatic nitrogens is 4. The van der Waals surface area contributed by atoms with Crippen LogP contribution in [0.25, 0.3) is 10.9 Å². The lowest BCUT2D eigenvalue weighted by Crippen LogP contribution is -2.37. The molecule has 10 heteroatoms. The Balaban J connectivity index is 1.24. The second-order valence-corrected chi connectivity index (χ2v) is 7.42. The number of morpholine rings is 1. The van der Waals surface area contributed by atoms with Crippen molar-refractivity contribution < 1.29 is 14.3 Å². The Labute approximate surface area is 185 Å². The molecule has 3 heterocycles. The first kappa shape index (κ1) is 21.7. The smallest absolute Gasteiger partial charge is 0.261 e. The van der Waals surface area contributed by atoms with Crippen LogP contribution in [0.3, 0.4) is 0 Å². The third-order valence-corrected chi connectivity index (χ3v) is 5.12. The van der Waals surface area contributed by atoms with E-state index in [9.17, 15) is 9.59 Å². The number of fused-ring (bicyclic) bond motifs is 1. The van der Waals surface area contributed by atoms with Crippen LogP contribution in [0, 0.1) is 6.92 Å². The number of anilines is 1. The average Bonchev–Trinajstić information content (AvgIpc) is 2.82. The summed E-state index contributed by atoms with van der Waals surface area (Å²) >= 11 is 0. The van der Waals surface area contributed by atoms with E-state index in [4.69, 9.17) is 9.47 Å². The quantitative estimate of drug-likeness (QED) is 0.517. The molecule has 1 saturated heterocycles. The number of carbonyl (C=O) groups is 1. The SMILES string of the molecule is Cc1nc(OCCNC(=O)CCn2cnc3ccccc3c2=O)cc(N2CCOCC2)n1. The number of rotatable bonds is 8. The second-order valence-electron chi connectivity index (χ2n) is 7.42. The van der Waals surface area contributed by atoms with Crippen molar-refractivity contribution in [1.29, 1.82) is 0 Å². The maximum Gasteiger partial charge on any atom is 0.261 e. The fraction of sp³-hybridized carbons (Fsp3) is 0.409. The standard InChI is InChI=1S/C22H26N6O4/c1-16-25-19(27-9-12-31-13-10-27)14-21(26-16)32-11-7-23-20(29)6-8-28-15-24-18-5-3-2-4-17(18)22(28)30/h2-5,14-15H,6-13H2,1H3,(H,23,29). The first-order chi connectivity index (χ1) is 15.6. The summed E-state index contributed by atoms with van der Waals surface area (Å²) in [6, 6.07) is 8.96. The summed E-state index contributed by atoms with van der Waals surface area (Å²) in [5.41, 5.74) is 0.494. The number of carbonyl (C=O) groups excluding carboxylic acids is 1. The molecule has 1 aliphatic heterocycles. The van der Waals surface area contributed by atoms with Gasteiger partial charge in [0.2, 0.25) is 11.8 Å². The van der Waals surface area contributed by atoms with Gasteiger partial charge < -0.3 is 19.7 Å². The van der Waals surface area contributed by atoms with Crippen LogP contribution in [0.4, 0.5) is 5.82 Å². The Morgan fingerprint density at radius 1 is 1.22 bits per heavy atom. The van der Waals surface area contributed by atoms with Crippen LogP contribution in [0.5, 0.6) is 5.88 Å². The Morgan fingerprint density at radius 2 is 2.03 bits per heavy atom. The van der Waals surface area contributed by atoms with E-state index >= 15 is 0 Å². The molecule has 2 aromatic heterocycles. The largest absolute Gasteiger partial charge is 0.476 e. The van der Waals surface area contributed by atoms with Gasteiger partial charge in [-0.05, 0) is 19.1 Å². The lowest BCUT2D eigenvalue weighted by molar-refractivity contribution is -0.121. The molecule has 4 rings (SSSR count). The number of hydrogen-bond donors (Lipinski definition) is 1. The predicted molar refractivity (Wildman–Crippen MR) is 119 cm³/mol. The maximum absolute atomic E-state index is 12.5. The summed E-state index contributed by atoms with van der Waals surface area (Å²) in [5, 5.41) is 3.34. The Morgan fingerprint density at radius 3 is 2.88 bits per heavy atom. The van der Waals surface area contributed by atoms with Crippen molar-refractivity contribution in [3.8, 4) is 5.88 Å². The van der Waals surface area contributed by atoms with Gasteiger partial charge in [-0.15, -0.1) is 0 Å². The summed E-state index contributed by atoms with van der Waals surface area (Å²) in [6.45, 7) is 5.60. The van der Waals surface area contributed by atoms with E-state index in [2.05, 4.69) is 25.2 Å². The minimum absolute atomic E-state index is 0.151. The van der Waals surface area contributed by atoms with Crippen LogP contribution >= 0.6 is 0 Å². The molecule has 0 radical (unpaired) electrons. The summed E-state index contributed by atoms with van der Waals surface area (Å²) in [6.07, 6.45) is 1.65. The number of hydrogen-bond acceptors (Lipinski definition) is 8. The van der Waals surface area contributed by atoms with Gasteiger partial charge in [0.1, 0.15) is 18.2 Å². The van der Waals surface area contributed by atoms with E-state index in [1.54, 1.807) is 24.3 Å². The molecule has 168 valence electrons. The number of para-hydroxylation sites is 1. The lowest BCUT2D eigenvalue weighted by Gasteiger charge is -2.28. The second kappa shape index (κ2) is 10.2. The third-order valence-electron chi connectivity index (χ3n) is 5.12. The van der Waals surface area contributed by atoms with Crippen molar-refractivity contribution >= 4 is 22.6 Å². The molecular formula is C22H26N6O4. The topological polar surface area (TPSA) is 111 Å². The van der Waals surface area contributed by atoms with Gasteiger partial charge in [-0.2, -0.15) is 4.98 Å². The highest BCUT2D eigenvalue weighted by molar-refractivity contribution is 5.77. The van der Waals surface area contributed by atoms with Crippen molar-refractivity contribution in [2.24, 2.45) is 0 Å². The molecule has 1 aromatic carbocycles. The minimum atomic E-state index is -0.165. The van der Waals surface area contributed by atoms with Gasteiger partial charge in [-0.3, -0.25) is 14.2 Å². The molecule has 3 aromatic rings. The molecule has 0 unspecified atom stereocenters. The molecule has 10 nitrogen and oxygen atoms in total. The van der Waals surface area contributed by atoms with Gasteiger partial charge in [0, 0.05) is 32.1 Å². The zero-order chi connectivity index (χ0) is 22.3. The van der Waals surface area contributed by atoms with Gasteiger partial charge in [0.15, 0.2) is 0 Å². The Hall–Kier alpha value is -3.53. The van der Waals surface area contributed by atoms with E-state index in [1.165, 1.54) is 10.9 Å². The Kier molecular flexibility index (Phi) is 6.90. The van der Waals surface area contributed by atoms with Crippen LogP contribution in [0.2, 0.25) is 0 Å². The van der Waals surface area contributed by atoms with Crippen molar-refractivity contribution in [3.05, 3.63) is 52.8 Å². The molecule has 1 fully saturated rings. The number of ether oxygens (including phenoxy) is 2. The van der Waals surface area contributed by atoms with Crippen molar-refractivity contribution in [2.75, 3.05) is 44.4 Å². The fourth-order valence-corrected chi connectivity index (χ4v) is 3.48. The molecule has 1 N–H and O–H groups in total. The highest BCUT2D eigenvalue weighted by atomic mass is 16.5. The highest BCUT2D eigenvalue weighted by Gasteiger charge is 2.14. The maximum atomic E-state index is 12.5. The minimum Gasteiger partial charge on any atom is -0.476 e. The van der Waals surface area contributed by atoms with Crippen molar-refractivity contribution in [3.63, 3.8) is 0 Å². The van der Waals surface area contributed by atoms with E-state index in [-0.39, 0.29) is 31.0 Å². The summed E-state index contributed by atoms with van der Waals surface area (Å²) < 4.78 is 12.5. The van der Waals surface area contributed by atoms with Crippen molar-refractivity contribution in [1.82, 2.24) is 24.8 Å². The van der Waals surface area contributed by atoms with E-state index in [1.807, 2.05) is 13.0 Å². The number of nitrogens with zero attached hydrogens (tertiary/aromatic N) is 5.